The Labute approximate surface area is 153 Å². The molecule has 1 atom stereocenters. The minimum atomic E-state index is -1.72. The van der Waals surface area contributed by atoms with Crippen LogP contribution in [-0.2, 0) is 6.42 Å². The highest BCUT2D eigenvalue weighted by molar-refractivity contribution is 7.41. The molecular weight excluding hydrogens is 340 g/mol. The van der Waals surface area contributed by atoms with Crippen molar-refractivity contribution in [2.75, 3.05) is 0 Å². The van der Waals surface area contributed by atoms with Crippen molar-refractivity contribution in [2.45, 2.75) is 18.9 Å². The highest BCUT2D eigenvalue weighted by Gasteiger charge is 2.56. The summed E-state index contributed by atoms with van der Waals surface area (Å²) in [6, 6.07) is 24.6. The number of fused-ring (bicyclic) bond motifs is 5. The van der Waals surface area contributed by atoms with Crippen LogP contribution in [0.1, 0.15) is 33.7 Å². The molecule has 6 rings (SSSR count). The van der Waals surface area contributed by atoms with Gasteiger partial charge in [-0.05, 0) is 57.1 Å². The molecule has 25 heavy (non-hydrogen) atoms. The van der Waals surface area contributed by atoms with E-state index in [2.05, 4.69) is 73.3 Å². The van der Waals surface area contributed by atoms with E-state index in [4.69, 9.17) is 11.1 Å². The Hall–Kier alpha value is -2.09. The molecular formula is C23H17ClSi. The van der Waals surface area contributed by atoms with Crippen LogP contribution in [0.3, 0.4) is 0 Å². The van der Waals surface area contributed by atoms with Gasteiger partial charge in [0, 0.05) is 5.92 Å². The Kier molecular flexibility index (Phi) is 2.57. The van der Waals surface area contributed by atoms with Gasteiger partial charge in [-0.15, -0.1) is 0 Å². The molecule has 1 unspecified atom stereocenters. The van der Waals surface area contributed by atoms with Crippen molar-refractivity contribution in [1.29, 1.82) is 0 Å². The Morgan fingerprint density at radius 1 is 0.800 bits per heavy atom. The molecule has 0 N–H and O–H groups in total. The van der Waals surface area contributed by atoms with Gasteiger partial charge in [0.15, 0.2) is 0 Å². The Balaban J connectivity index is 1.64. The Morgan fingerprint density at radius 3 is 2.08 bits per heavy atom. The van der Waals surface area contributed by atoms with Crippen molar-refractivity contribution in [3.8, 4) is 11.1 Å². The molecule has 0 nitrogen and oxygen atoms in total. The fraction of sp³-hybridized carbons (Fsp3) is 0.130. The van der Waals surface area contributed by atoms with Gasteiger partial charge in [0.1, 0.15) is 0 Å². The lowest BCUT2D eigenvalue weighted by molar-refractivity contribution is 1.00. The topological polar surface area (TPSA) is 0 Å². The van der Waals surface area contributed by atoms with Crippen molar-refractivity contribution >= 4 is 23.7 Å². The van der Waals surface area contributed by atoms with E-state index in [1.807, 2.05) is 0 Å². The molecule has 0 fully saturated rings. The van der Waals surface area contributed by atoms with Gasteiger partial charge in [0.05, 0.1) is 0 Å². The van der Waals surface area contributed by atoms with Crippen molar-refractivity contribution in [2.24, 2.45) is 0 Å². The lowest BCUT2D eigenvalue weighted by Gasteiger charge is -2.21. The molecule has 0 saturated heterocycles. The van der Waals surface area contributed by atoms with Crippen molar-refractivity contribution in [3.05, 3.63) is 99.7 Å². The first kappa shape index (κ1) is 14.1. The molecule has 120 valence electrons. The van der Waals surface area contributed by atoms with E-state index in [1.165, 1.54) is 44.1 Å². The first-order valence-corrected chi connectivity index (χ1v) is 12.4. The molecule has 1 heterocycles. The van der Waals surface area contributed by atoms with Crippen LogP contribution in [0.15, 0.2) is 71.9 Å². The summed E-state index contributed by atoms with van der Waals surface area (Å²) < 4.78 is 0. The largest absolute Gasteiger partial charge is 0.210 e. The molecule has 3 aromatic carbocycles. The van der Waals surface area contributed by atoms with Crippen LogP contribution < -0.4 is 0 Å². The average Bonchev–Trinajstić information content (AvgIpc) is 2.97. The number of hydrogen-bond donors (Lipinski definition) is 0. The third-order valence-corrected chi connectivity index (χ3v) is 10.3. The predicted molar refractivity (Wildman–Crippen MR) is 107 cm³/mol. The predicted octanol–water partition coefficient (Wildman–Crippen LogP) is 6.06. The SMILES string of the molecule is C[Si]1(Cl)C2=C1c1c(cccc1C1c3ccccc3-c3ccccc31)C2. The van der Waals surface area contributed by atoms with E-state index >= 15 is 0 Å². The summed E-state index contributed by atoms with van der Waals surface area (Å²) in [7, 11) is -1.72. The number of hydrogen-bond acceptors (Lipinski definition) is 0. The molecule has 0 saturated carbocycles. The van der Waals surface area contributed by atoms with Crippen LogP contribution in [0.4, 0.5) is 0 Å². The molecule has 0 spiro atoms. The molecule has 2 aliphatic carbocycles. The molecule has 0 radical (unpaired) electrons. The van der Waals surface area contributed by atoms with Crippen LogP contribution in [-0.4, -0.2) is 7.38 Å². The fourth-order valence-corrected chi connectivity index (χ4v) is 9.15. The molecule has 3 aliphatic rings. The van der Waals surface area contributed by atoms with E-state index in [-0.39, 0.29) is 0 Å². The second kappa shape index (κ2) is 4.54. The molecule has 0 amide bonds. The minimum Gasteiger partial charge on any atom is -0.155 e. The highest BCUT2D eigenvalue weighted by atomic mass is 35.6. The third-order valence-electron chi connectivity index (χ3n) is 6.22. The maximum atomic E-state index is 6.88. The van der Waals surface area contributed by atoms with E-state index in [0.29, 0.717) is 5.92 Å². The smallest absolute Gasteiger partial charge is 0.155 e. The maximum absolute atomic E-state index is 6.88. The summed E-state index contributed by atoms with van der Waals surface area (Å²) in [5.74, 6) is 0.330. The van der Waals surface area contributed by atoms with Crippen molar-refractivity contribution in [3.63, 3.8) is 0 Å². The quantitative estimate of drug-likeness (QED) is 0.287. The normalized spacial score (nSPS) is 22.5. The molecule has 0 bridgehead atoms. The Morgan fingerprint density at radius 2 is 1.40 bits per heavy atom. The van der Waals surface area contributed by atoms with Gasteiger partial charge in [-0.3, -0.25) is 0 Å². The van der Waals surface area contributed by atoms with Crippen LogP contribution in [0.5, 0.6) is 0 Å². The second-order valence-corrected chi connectivity index (χ2v) is 12.9. The molecule has 1 aliphatic heterocycles. The third kappa shape index (κ3) is 1.68. The van der Waals surface area contributed by atoms with E-state index in [0.717, 1.165) is 6.42 Å². The van der Waals surface area contributed by atoms with Gasteiger partial charge in [0.2, 0.25) is 7.38 Å². The van der Waals surface area contributed by atoms with Crippen LogP contribution in [0.25, 0.3) is 16.3 Å². The second-order valence-electron chi connectivity index (χ2n) is 7.52. The van der Waals surface area contributed by atoms with Gasteiger partial charge >= 0.3 is 0 Å². The molecule has 3 aromatic rings. The van der Waals surface area contributed by atoms with Gasteiger partial charge < -0.3 is 0 Å². The van der Waals surface area contributed by atoms with Gasteiger partial charge in [-0.1, -0.05) is 71.9 Å². The summed E-state index contributed by atoms with van der Waals surface area (Å²) in [6.07, 6.45) is 1.08. The fourth-order valence-electron chi connectivity index (χ4n) is 5.05. The first-order valence-electron chi connectivity index (χ1n) is 8.91. The summed E-state index contributed by atoms with van der Waals surface area (Å²) in [5.41, 5.74) is 10.1. The summed E-state index contributed by atoms with van der Waals surface area (Å²) >= 11 is 6.88. The van der Waals surface area contributed by atoms with Gasteiger partial charge in [0.25, 0.3) is 0 Å². The number of rotatable bonds is 1. The van der Waals surface area contributed by atoms with Crippen LogP contribution >= 0.6 is 11.1 Å². The van der Waals surface area contributed by atoms with Crippen molar-refractivity contribution in [1.82, 2.24) is 0 Å². The van der Waals surface area contributed by atoms with Crippen molar-refractivity contribution < 1.29 is 0 Å². The monoisotopic (exact) mass is 356 g/mol. The summed E-state index contributed by atoms with van der Waals surface area (Å²) in [5, 5.41) is 3.10. The van der Waals surface area contributed by atoms with Gasteiger partial charge in [-0.25, -0.2) is 0 Å². The van der Waals surface area contributed by atoms with E-state index in [1.54, 1.807) is 5.20 Å². The number of allylic oxidation sites excluding steroid dienone is 1. The summed E-state index contributed by atoms with van der Waals surface area (Å²) in [4.78, 5) is 0. The number of benzene rings is 3. The zero-order valence-corrected chi connectivity index (χ0v) is 15.8. The lowest BCUT2D eigenvalue weighted by Crippen LogP contribution is -2.14. The highest BCUT2D eigenvalue weighted by Crippen LogP contribution is 2.61. The lowest BCUT2D eigenvalue weighted by atomic mass is 9.85. The zero-order chi connectivity index (χ0) is 16.8. The van der Waals surface area contributed by atoms with E-state index < -0.39 is 7.38 Å². The average molecular weight is 357 g/mol. The molecule has 2 heteroatoms. The maximum Gasteiger partial charge on any atom is 0.210 e. The minimum absolute atomic E-state index is 0.330. The number of halogens is 1. The Bertz CT molecular complexity index is 1060. The summed E-state index contributed by atoms with van der Waals surface area (Å²) in [6.45, 7) is 2.29. The van der Waals surface area contributed by atoms with Crippen LogP contribution in [0, 0.1) is 0 Å². The molecule has 0 aromatic heterocycles. The standard InChI is InChI=1S/C23H17ClSi/c1-25(24)20-13-14-7-6-12-19(21(14)23(20)25)22-17-10-4-2-8-15(17)16-9-3-5-11-18(16)22/h2-12,22H,13H2,1H3. The van der Waals surface area contributed by atoms with Crippen LogP contribution in [0.2, 0.25) is 6.55 Å². The van der Waals surface area contributed by atoms with Gasteiger partial charge in [-0.2, -0.15) is 11.1 Å². The zero-order valence-electron chi connectivity index (χ0n) is 14.0. The van der Waals surface area contributed by atoms with E-state index in [9.17, 15) is 0 Å². The first-order chi connectivity index (χ1) is 12.2.